The number of benzene rings is 1. The Kier molecular flexibility index (Phi) is 7.56. The van der Waals surface area contributed by atoms with E-state index >= 15 is 0 Å². The maximum atomic E-state index is 12.6. The highest BCUT2D eigenvalue weighted by atomic mass is 16.5. The molecule has 0 heterocycles. The van der Waals surface area contributed by atoms with Crippen molar-refractivity contribution in [3.63, 3.8) is 0 Å². The molecular formula is C18H26N2O3. The van der Waals surface area contributed by atoms with Gasteiger partial charge in [0.1, 0.15) is 17.4 Å². The lowest BCUT2D eigenvalue weighted by Gasteiger charge is -2.28. The van der Waals surface area contributed by atoms with Gasteiger partial charge in [0.2, 0.25) is 0 Å². The maximum absolute atomic E-state index is 12.6. The minimum atomic E-state index is -0.865. The highest BCUT2D eigenvalue weighted by molar-refractivity contribution is 5.97. The fourth-order valence-electron chi connectivity index (χ4n) is 2.30. The van der Waals surface area contributed by atoms with E-state index in [1.807, 2.05) is 20.8 Å². The van der Waals surface area contributed by atoms with Crippen LogP contribution in [-0.4, -0.2) is 24.7 Å². The Morgan fingerprint density at radius 2 is 2.04 bits per heavy atom. The maximum Gasteiger partial charge on any atom is 0.256 e. The molecule has 126 valence electrons. The zero-order chi connectivity index (χ0) is 17.3. The third-order valence-corrected chi connectivity index (χ3v) is 3.49. The molecular weight excluding hydrogens is 292 g/mol. The average molecular weight is 318 g/mol. The zero-order valence-corrected chi connectivity index (χ0v) is 14.4. The van der Waals surface area contributed by atoms with Crippen molar-refractivity contribution in [3.05, 3.63) is 23.8 Å². The molecule has 0 aliphatic heterocycles. The van der Waals surface area contributed by atoms with E-state index in [-0.39, 0.29) is 5.91 Å². The monoisotopic (exact) mass is 318 g/mol. The molecule has 0 aliphatic rings. The number of hydrogen-bond acceptors (Lipinski definition) is 4. The second-order valence-electron chi connectivity index (χ2n) is 5.54. The van der Waals surface area contributed by atoms with Gasteiger partial charge in [-0.15, -0.1) is 0 Å². The summed E-state index contributed by atoms with van der Waals surface area (Å²) >= 11 is 0. The number of rotatable bonds is 9. The lowest BCUT2D eigenvalue weighted by molar-refractivity contribution is -0.140. The van der Waals surface area contributed by atoms with Gasteiger partial charge in [-0.05, 0) is 44.9 Å². The van der Waals surface area contributed by atoms with Crippen LogP contribution in [0.15, 0.2) is 18.2 Å². The Labute approximate surface area is 138 Å². The third-order valence-electron chi connectivity index (χ3n) is 3.49. The van der Waals surface area contributed by atoms with Gasteiger partial charge in [-0.3, -0.25) is 4.79 Å². The molecule has 1 unspecified atom stereocenters. The van der Waals surface area contributed by atoms with Gasteiger partial charge in [0.05, 0.1) is 12.2 Å². The fourth-order valence-corrected chi connectivity index (χ4v) is 2.30. The summed E-state index contributed by atoms with van der Waals surface area (Å²) in [5.41, 5.74) is 0.102. The summed E-state index contributed by atoms with van der Waals surface area (Å²) in [4.78, 5) is 12.6. The number of nitrogens with zero attached hydrogens (tertiary/aromatic N) is 1. The first-order valence-corrected chi connectivity index (χ1v) is 8.13. The summed E-state index contributed by atoms with van der Waals surface area (Å²) < 4.78 is 11.2. The van der Waals surface area contributed by atoms with E-state index < -0.39 is 5.60 Å². The van der Waals surface area contributed by atoms with E-state index in [1.165, 1.54) is 0 Å². The Hall–Kier alpha value is -2.06. The van der Waals surface area contributed by atoms with Crippen molar-refractivity contribution in [1.82, 2.24) is 0 Å². The van der Waals surface area contributed by atoms with E-state index in [2.05, 4.69) is 11.4 Å². The van der Waals surface area contributed by atoms with Gasteiger partial charge in [-0.25, -0.2) is 0 Å². The predicted molar refractivity (Wildman–Crippen MR) is 90.5 cm³/mol. The van der Waals surface area contributed by atoms with Crippen LogP contribution < -0.4 is 10.1 Å². The normalized spacial score (nSPS) is 13.0. The van der Waals surface area contributed by atoms with Crippen LogP contribution in [0.1, 0.15) is 52.5 Å². The molecule has 0 fully saturated rings. The summed E-state index contributed by atoms with van der Waals surface area (Å²) in [7, 11) is 0. The number of carbonyl (C=O) groups is 1. The summed E-state index contributed by atoms with van der Waals surface area (Å²) in [6.07, 6.45) is 2.34. The SMILES string of the molecule is CCCOC(C)(CCC)C(=O)Nc1ccc(OCC)c(C#N)c1. The lowest BCUT2D eigenvalue weighted by atomic mass is 9.98. The van der Waals surface area contributed by atoms with Gasteiger partial charge < -0.3 is 14.8 Å². The summed E-state index contributed by atoms with van der Waals surface area (Å²) in [6.45, 7) is 8.72. The van der Waals surface area contributed by atoms with Gasteiger partial charge in [-0.1, -0.05) is 20.3 Å². The number of nitriles is 1. The minimum Gasteiger partial charge on any atom is -0.492 e. The van der Waals surface area contributed by atoms with Gasteiger partial charge >= 0.3 is 0 Å². The Morgan fingerprint density at radius 3 is 2.61 bits per heavy atom. The number of nitrogens with one attached hydrogen (secondary N) is 1. The first-order valence-electron chi connectivity index (χ1n) is 8.13. The standard InChI is InChI=1S/C18H26N2O3/c1-5-10-18(4,23-11-6-2)17(21)20-15-8-9-16(22-7-3)14(12-15)13-19/h8-9,12H,5-7,10-11H2,1-4H3,(H,20,21). The molecule has 0 radical (unpaired) electrons. The molecule has 23 heavy (non-hydrogen) atoms. The molecule has 1 aromatic rings. The quantitative estimate of drug-likeness (QED) is 0.750. The number of carbonyl (C=O) groups excluding carboxylic acids is 1. The molecule has 1 atom stereocenters. The van der Waals surface area contributed by atoms with Crippen LogP contribution in [0.5, 0.6) is 5.75 Å². The second-order valence-corrected chi connectivity index (χ2v) is 5.54. The van der Waals surface area contributed by atoms with Crippen LogP contribution in [0.2, 0.25) is 0 Å². The highest BCUT2D eigenvalue weighted by Gasteiger charge is 2.33. The number of hydrogen-bond donors (Lipinski definition) is 1. The molecule has 1 N–H and O–H groups in total. The van der Waals surface area contributed by atoms with E-state index in [0.29, 0.717) is 36.6 Å². The van der Waals surface area contributed by atoms with Crippen LogP contribution in [0.3, 0.4) is 0 Å². The Balaban J connectivity index is 2.92. The van der Waals surface area contributed by atoms with Crippen molar-refractivity contribution in [2.45, 2.75) is 52.6 Å². The number of ether oxygens (including phenoxy) is 2. The molecule has 0 spiro atoms. The predicted octanol–water partition coefficient (Wildman–Crippen LogP) is 3.88. The van der Waals surface area contributed by atoms with Crippen molar-refractivity contribution in [1.29, 1.82) is 5.26 Å². The van der Waals surface area contributed by atoms with Crippen LogP contribution in [0.25, 0.3) is 0 Å². The third kappa shape index (κ3) is 5.26. The van der Waals surface area contributed by atoms with E-state index in [0.717, 1.165) is 12.8 Å². The van der Waals surface area contributed by atoms with Crippen molar-refractivity contribution >= 4 is 11.6 Å². The molecule has 5 heteroatoms. The molecule has 1 amide bonds. The number of amides is 1. The molecule has 0 aromatic heterocycles. The molecule has 5 nitrogen and oxygen atoms in total. The smallest absolute Gasteiger partial charge is 0.256 e. The van der Waals surface area contributed by atoms with E-state index in [9.17, 15) is 10.1 Å². The van der Waals surface area contributed by atoms with E-state index in [4.69, 9.17) is 9.47 Å². The highest BCUT2D eigenvalue weighted by Crippen LogP contribution is 2.25. The summed E-state index contributed by atoms with van der Waals surface area (Å²) in [5, 5.41) is 12.0. The van der Waals surface area contributed by atoms with Crippen LogP contribution in [0, 0.1) is 11.3 Å². The van der Waals surface area contributed by atoms with Crippen LogP contribution in [0.4, 0.5) is 5.69 Å². The molecule has 0 aliphatic carbocycles. The van der Waals surface area contributed by atoms with Gasteiger partial charge in [0.15, 0.2) is 0 Å². The number of anilines is 1. The largest absolute Gasteiger partial charge is 0.492 e. The molecule has 1 aromatic carbocycles. The van der Waals surface area contributed by atoms with Crippen LogP contribution >= 0.6 is 0 Å². The first kappa shape index (κ1) is 19.0. The Morgan fingerprint density at radius 1 is 1.30 bits per heavy atom. The van der Waals surface area contributed by atoms with Gasteiger partial charge in [-0.2, -0.15) is 5.26 Å². The first-order chi connectivity index (χ1) is 11.0. The topological polar surface area (TPSA) is 71.3 Å². The minimum absolute atomic E-state index is 0.194. The second kappa shape index (κ2) is 9.16. The average Bonchev–Trinajstić information content (AvgIpc) is 2.54. The molecule has 1 rings (SSSR count). The van der Waals surface area contributed by atoms with Crippen molar-refractivity contribution in [2.75, 3.05) is 18.5 Å². The van der Waals surface area contributed by atoms with Gasteiger partial charge in [0.25, 0.3) is 5.91 Å². The molecule has 0 saturated heterocycles. The Bertz CT molecular complexity index is 566. The summed E-state index contributed by atoms with van der Waals surface area (Å²) in [5.74, 6) is 0.326. The van der Waals surface area contributed by atoms with Crippen LogP contribution in [-0.2, 0) is 9.53 Å². The van der Waals surface area contributed by atoms with E-state index in [1.54, 1.807) is 25.1 Å². The zero-order valence-electron chi connectivity index (χ0n) is 14.4. The van der Waals surface area contributed by atoms with Crippen molar-refractivity contribution in [3.8, 4) is 11.8 Å². The molecule has 0 bridgehead atoms. The fraction of sp³-hybridized carbons (Fsp3) is 0.556. The summed E-state index contributed by atoms with van der Waals surface area (Å²) in [6, 6.07) is 7.13. The molecule has 0 saturated carbocycles. The van der Waals surface area contributed by atoms with Crippen molar-refractivity contribution < 1.29 is 14.3 Å². The van der Waals surface area contributed by atoms with Crippen molar-refractivity contribution in [2.24, 2.45) is 0 Å². The van der Waals surface area contributed by atoms with Gasteiger partial charge in [0, 0.05) is 12.3 Å². The lowest BCUT2D eigenvalue weighted by Crippen LogP contribution is -2.43.